The molecule has 0 aromatic heterocycles. The van der Waals surface area contributed by atoms with Crippen LogP contribution in [0.2, 0.25) is 10.0 Å². The van der Waals surface area contributed by atoms with Gasteiger partial charge in [0.1, 0.15) is 6.04 Å². The number of rotatable bonds is 11. The van der Waals surface area contributed by atoms with Gasteiger partial charge in [0.15, 0.2) is 0 Å². The molecular formula is C20H28Cl2N2O4. The van der Waals surface area contributed by atoms with Crippen LogP contribution in [-0.4, -0.2) is 37.5 Å². The zero-order valence-electron chi connectivity index (χ0n) is 16.5. The monoisotopic (exact) mass is 430 g/mol. The molecule has 6 nitrogen and oxygen atoms in total. The van der Waals surface area contributed by atoms with Gasteiger partial charge in [0.2, 0.25) is 5.91 Å². The highest BCUT2D eigenvalue weighted by molar-refractivity contribution is 6.36. The van der Waals surface area contributed by atoms with Crippen molar-refractivity contribution in [3.8, 4) is 0 Å². The quantitative estimate of drug-likeness (QED) is 0.410. The number of hydrogen-bond donors (Lipinski definition) is 2. The minimum Gasteiger partial charge on any atom is -0.469 e. The highest BCUT2D eigenvalue weighted by Crippen LogP contribution is 2.21. The number of ether oxygens (including phenoxy) is 1. The molecule has 0 fully saturated rings. The van der Waals surface area contributed by atoms with E-state index in [1.54, 1.807) is 6.07 Å². The number of halogens is 2. The standard InChI is InChI=1S/C20H28Cl2N2O4/c1-13(2)11-17(20(27)23-10-6-4-5-7-18(25)28-3)24-19(26)15-9-8-14(21)12-16(15)22/h8-9,12-13,17H,4-7,10-11H2,1-3H3,(H,23,27)(H,24,26). The lowest BCUT2D eigenvalue weighted by Crippen LogP contribution is -2.47. The maximum atomic E-state index is 12.5. The molecule has 0 saturated carbocycles. The Labute approximate surface area is 176 Å². The van der Waals surface area contributed by atoms with Crippen molar-refractivity contribution in [1.29, 1.82) is 0 Å². The summed E-state index contributed by atoms with van der Waals surface area (Å²) in [6.07, 6.45) is 3.14. The van der Waals surface area contributed by atoms with Gasteiger partial charge in [0.25, 0.3) is 5.91 Å². The third-order valence-electron chi connectivity index (χ3n) is 4.09. The molecule has 8 heteroatoms. The fourth-order valence-electron chi connectivity index (χ4n) is 2.62. The van der Waals surface area contributed by atoms with Crippen LogP contribution in [0.3, 0.4) is 0 Å². The first-order chi connectivity index (χ1) is 13.2. The fraction of sp³-hybridized carbons (Fsp3) is 0.550. The Hall–Kier alpha value is -1.79. The summed E-state index contributed by atoms with van der Waals surface area (Å²) in [5.74, 6) is -0.665. The van der Waals surface area contributed by atoms with Crippen molar-refractivity contribution in [1.82, 2.24) is 10.6 Å². The van der Waals surface area contributed by atoms with Crippen LogP contribution in [0.4, 0.5) is 0 Å². The molecule has 0 bridgehead atoms. The highest BCUT2D eigenvalue weighted by atomic mass is 35.5. The van der Waals surface area contributed by atoms with Crippen molar-refractivity contribution in [2.24, 2.45) is 5.92 Å². The van der Waals surface area contributed by atoms with Gasteiger partial charge in [-0.3, -0.25) is 14.4 Å². The molecule has 0 aliphatic heterocycles. The van der Waals surface area contributed by atoms with Gasteiger partial charge in [0, 0.05) is 18.0 Å². The summed E-state index contributed by atoms with van der Waals surface area (Å²) in [6.45, 7) is 4.44. The Kier molecular flexibility index (Phi) is 10.9. The van der Waals surface area contributed by atoms with E-state index in [0.29, 0.717) is 30.8 Å². The van der Waals surface area contributed by atoms with E-state index in [4.69, 9.17) is 23.2 Å². The molecule has 2 N–H and O–H groups in total. The van der Waals surface area contributed by atoms with Crippen LogP contribution in [-0.2, 0) is 14.3 Å². The largest absolute Gasteiger partial charge is 0.469 e. The van der Waals surface area contributed by atoms with Crippen LogP contribution in [0.5, 0.6) is 0 Å². The van der Waals surface area contributed by atoms with Gasteiger partial charge in [-0.25, -0.2) is 0 Å². The van der Waals surface area contributed by atoms with E-state index in [-0.39, 0.29) is 28.4 Å². The van der Waals surface area contributed by atoms with Gasteiger partial charge in [-0.2, -0.15) is 0 Å². The summed E-state index contributed by atoms with van der Waals surface area (Å²) >= 11 is 11.9. The minimum absolute atomic E-state index is 0.219. The molecule has 0 radical (unpaired) electrons. The second-order valence-corrected chi connectivity index (χ2v) is 7.80. The second-order valence-electron chi connectivity index (χ2n) is 6.96. The van der Waals surface area contributed by atoms with Crippen molar-refractivity contribution in [3.63, 3.8) is 0 Å². The van der Waals surface area contributed by atoms with E-state index >= 15 is 0 Å². The van der Waals surface area contributed by atoms with Gasteiger partial charge >= 0.3 is 5.97 Å². The van der Waals surface area contributed by atoms with Crippen LogP contribution in [0.25, 0.3) is 0 Å². The zero-order chi connectivity index (χ0) is 21.1. The summed E-state index contributed by atoms with van der Waals surface area (Å²) in [5.41, 5.74) is 0.274. The van der Waals surface area contributed by atoms with Crippen LogP contribution in [0.15, 0.2) is 18.2 Å². The SMILES string of the molecule is COC(=O)CCCCCNC(=O)C(CC(C)C)NC(=O)c1ccc(Cl)cc1Cl. The van der Waals surface area contributed by atoms with E-state index < -0.39 is 11.9 Å². The maximum Gasteiger partial charge on any atom is 0.305 e. The minimum atomic E-state index is -0.658. The zero-order valence-corrected chi connectivity index (χ0v) is 18.0. The summed E-state index contributed by atoms with van der Waals surface area (Å²) in [5, 5.41) is 6.28. The molecule has 1 aromatic carbocycles. The van der Waals surface area contributed by atoms with E-state index in [0.717, 1.165) is 12.8 Å². The molecule has 1 aromatic rings. The number of nitrogens with one attached hydrogen (secondary N) is 2. The maximum absolute atomic E-state index is 12.5. The van der Waals surface area contributed by atoms with Crippen LogP contribution < -0.4 is 10.6 Å². The smallest absolute Gasteiger partial charge is 0.305 e. The summed E-state index contributed by atoms with van der Waals surface area (Å²) in [4.78, 5) is 36.1. The fourth-order valence-corrected chi connectivity index (χ4v) is 3.11. The molecule has 0 saturated heterocycles. The Morgan fingerprint density at radius 3 is 2.43 bits per heavy atom. The lowest BCUT2D eigenvalue weighted by molar-refractivity contribution is -0.140. The van der Waals surface area contributed by atoms with Gasteiger partial charge in [0.05, 0.1) is 17.7 Å². The third-order valence-corrected chi connectivity index (χ3v) is 4.64. The van der Waals surface area contributed by atoms with E-state index in [1.807, 2.05) is 13.8 Å². The van der Waals surface area contributed by atoms with E-state index in [1.165, 1.54) is 19.2 Å². The molecule has 1 atom stereocenters. The van der Waals surface area contributed by atoms with Gasteiger partial charge in [-0.1, -0.05) is 43.5 Å². The van der Waals surface area contributed by atoms with Crippen molar-refractivity contribution >= 4 is 41.0 Å². The molecule has 1 rings (SSSR count). The van der Waals surface area contributed by atoms with Gasteiger partial charge in [-0.15, -0.1) is 0 Å². The average molecular weight is 431 g/mol. The number of amides is 2. The topological polar surface area (TPSA) is 84.5 Å². The van der Waals surface area contributed by atoms with Crippen molar-refractivity contribution < 1.29 is 19.1 Å². The molecule has 156 valence electrons. The molecule has 0 heterocycles. The first-order valence-electron chi connectivity index (χ1n) is 9.35. The number of esters is 1. The Balaban J connectivity index is 2.55. The molecule has 0 aliphatic rings. The number of carbonyl (C=O) groups is 3. The van der Waals surface area contributed by atoms with Crippen LogP contribution >= 0.6 is 23.2 Å². The Morgan fingerprint density at radius 2 is 1.82 bits per heavy atom. The Bertz CT molecular complexity index is 680. The number of hydrogen-bond acceptors (Lipinski definition) is 4. The summed E-state index contributed by atoms with van der Waals surface area (Å²) in [6, 6.07) is 3.94. The lowest BCUT2D eigenvalue weighted by Gasteiger charge is -2.20. The first-order valence-corrected chi connectivity index (χ1v) is 10.1. The normalized spacial score (nSPS) is 11.8. The average Bonchev–Trinajstić information content (AvgIpc) is 2.62. The second kappa shape index (κ2) is 12.6. The molecular weight excluding hydrogens is 403 g/mol. The third kappa shape index (κ3) is 8.93. The molecule has 2 amide bonds. The number of methoxy groups -OCH3 is 1. The van der Waals surface area contributed by atoms with Gasteiger partial charge < -0.3 is 15.4 Å². The summed E-state index contributed by atoms with van der Waals surface area (Å²) < 4.78 is 4.59. The summed E-state index contributed by atoms with van der Waals surface area (Å²) in [7, 11) is 1.36. The van der Waals surface area contributed by atoms with Crippen molar-refractivity contribution in [2.45, 2.75) is 52.0 Å². The van der Waals surface area contributed by atoms with E-state index in [2.05, 4.69) is 15.4 Å². The number of benzene rings is 1. The lowest BCUT2D eigenvalue weighted by atomic mass is 10.0. The predicted molar refractivity (Wildman–Crippen MR) is 111 cm³/mol. The predicted octanol–water partition coefficient (Wildman–Crippen LogP) is 3.99. The van der Waals surface area contributed by atoms with Crippen LogP contribution in [0.1, 0.15) is 56.3 Å². The van der Waals surface area contributed by atoms with Crippen LogP contribution in [0, 0.1) is 5.92 Å². The van der Waals surface area contributed by atoms with E-state index in [9.17, 15) is 14.4 Å². The first kappa shape index (κ1) is 24.2. The highest BCUT2D eigenvalue weighted by Gasteiger charge is 2.23. The molecule has 28 heavy (non-hydrogen) atoms. The van der Waals surface area contributed by atoms with Crippen molar-refractivity contribution in [3.05, 3.63) is 33.8 Å². The van der Waals surface area contributed by atoms with Gasteiger partial charge in [-0.05, 0) is 43.4 Å². The Morgan fingerprint density at radius 1 is 1.11 bits per heavy atom. The molecule has 0 aliphatic carbocycles. The molecule has 0 spiro atoms. The molecule has 1 unspecified atom stereocenters. The number of unbranched alkanes of at least 4 members (excludes halogenated alkanes) is 2. The van der Waals surface area contributed by atoms with Crippen molar-refractivity contribution in [2.75, 3.05) is 13.7 Å². The number of carbonyl (C=O) groups excluding carboxylic acids is 3.